The Morgan fingerprint density at radius 1 is 1.44 bits per heavy atom. The number of nitrogens with zero attached hydrogens (tertiary/aromatic N) is 1. The van der Waals surface area contributed by atoms with Crippen molar-refractivity contribution in [1.29, 1.82) is 5.26 Å². The monoisotopic (exact) mass is 219 g/mol. The summed E-state index contributed by atoms with van der Waals surface area (Å²) >= 11 is 0. The molecule has 4 heteroatoms. The normalized spacial score (nSPS) is 10.1. The van der Waals surface area contributed by atoms with E-state index in [1.165, 1.54) is 7.11 Å². The van der Waals surface area contributed by atoms with E-state index in [1.54, 1.807) is 24.3 Å². The Balaban J connectivity index is 2.89. The zero-order valence-electron chi connectivity index (χ0n) is 9.01. The van der Waals surface area contributed by atoms with Crippen LogP contribution in [0.4, 0.5) is 0 Å². The molecule has 4 nitrogen and oxygen atoms in total. The molecule has 0 radical (unpaired) electrons. The molecular weight excluding hydrogens is 206 g/mol. The first-order valence-corrected chi connectivity index (χ1v) is 4.77. The summed E-state index contributed by atoms with van der Waals surface area (Å²) in [5, 5.41) is 17.1. The lowest BCUT2D eigenvalue weighted by Gasteiger charge is -2.08. The van der Waals surface area contributed by atoms with E-state index in [4.69, 9.17) is 19.8 Å². The zero-order chi connectivity index (χ0) is 11.8. The second-order valence-electron chi connectivity index (χ2n) is 2.94. The predicted octanol–water partition coefficient (Wildman–Crippen LogP) is 1.60. The van der Waals surface area contributed by atoms with Crippen LogP contribution in [0.25, 0.3) is 6.08 Å². The maximum absolute atomic E-state index is 8.65. The van der Waals surface area contributed by atoms with E-state index in [9.17, 15) is 0 Å². The summed E-state index contributed by atoms with van der Waals surface area (Å²) in [4.78, 5) is 0. The molecule has 0 saturated heterocycles. The number of benzene rings is 1. The first-order valence-electron chi connectivity index (χ1n) is 4.77. The summed E-state index contributed by atoms with van der Waals surface area (Å²) in [6.07, 6.45) is 3.40. The maximum Gasteiger partial charge on any atom is 0.174 e. The topological polar surface area (TPSA) is 62.5 Å². The Kier molecular flexibility index (Phi) is 4.90. The molecule has 0 fully saturated rings. The van der Waals surface area contributed by atoms with Crippen LogP contribution in [0.5, 0.6) is 11.5 Å². The van der Waals surface area contributed by atoms with Gasteiger partial charge >= 0.3 is 0 Å². The fourth-order valence-electron chi connectivity index (χ4n) is 1.21. The van der Waals surface area contributed by atoms with E-state index < -0.39 is 0 Å². The number of ether oxygens (including phenoxy) is 2. The third kappa shape index (κ3) is 3.30. The molecule has 1 aromatic carbocycles. The molecule has 16 heavy (non-hydrogen) atoms. The number of methoxy groups -OCH3 is 1. The molecule has 0 amide bonds. The van der Waals surface area contributed by atoms with Crippen LogP contribution in [-0.2, 0) is 0 Å². The fourth-order valence-corrected chi connectivity index (χ4v) is 1.21. The number of hydrogen-bond acceptors (Lipinski definition) is 4. The van der Waals surface area contributed by atoms with Crippen molar-refractivity contribution < 1.29 is 14.6 Å². The van der Waals surface area contributed by atoms with Crippen LogP contribution in [0.3, 0.4) is 0 Å². The highest BCUT2D eigenvalue weighted by molar-refractivity contribution is 5.55. The second kappa shape index (κ2) is 6.49. The predicted molar refractivity (Wildman–Crippen MR) is 60.2 cm³/mol. The molecule has 0 spiro atoms. The molecule has 0 aliphatic rings. The van der Waals surface area contributed by atoms with Gasteiger partial charge in [0.2, 0.25) is 0 Å². The Bertz CT molecular complexity index is 407. The minimum Gasteiger partial charge on any atom is -0.493 e. The maximum atomic E-state index is 8.65. The Hall–Kier alpha value is -1.99. The molecule has 84 valence electrons. The van der Waals surface area contributed by atoms with Gasteiger partial charge in [-0.25, -0.2) is 0 Å². The largest absolute Gasteiger partial charge is 0.493 e. The van der Waals surface area contributed by atoms with Gasteiger partial charge in [-0.2, -0.15) is 5.26 Å². The van der Waals surface area contributed by atoms with Gasteiger partial charge in [0, 0.05) is 0 Å². The lowest BCUT2D eigenvalue weighted by Crippen LogP contribution is -1.96. The average Bonchev–Trinajstić information content (AvgIpc) is 2.34. The van der Waals surface area contributed by atoms with Gasteiger partial charge < -0.3 is 14.6 Å². The van der Waals surface area contributed by atoms with Crippen LogP contribution < -0.4 is 9.47 Å². The summed E-state index contributed by atoms with van der Waals surface area (Å²) < 4.78 is 10.3. The van der Waals surface area contributed by atoms with E-state index in [0.717, 1.165) is 5.56 Å². The quantitative estimate of drug-likeness (QED) is 0.817. The molecule has 0 aliphatic heterocycles. The van der Waals surface area contributed by atoms with Crippen molar-refractivity contribution in [3.05, 3.63) is 29.8 Å². The molecule has 0 saturated carbocycles. The molecule has 0 heterocycles. The van der Waals surface area contributed by atoms with Crippen LogP contribution in [0.15, 0.2) is 24.3 Å². The smallest absolute Gasteiger partial charge is 0.174 e. The molecule has 0 aliphatic carbocycles. The fraction of sp³-hybridized carbons (Fsp3) is 0.250. The highest BCUT2D eigenvalue weighted by atomic mass is 16.5. The van der Waals surface area contributed by atoms with Gasteiger partial charge in [-0.15, -0.1) is 0 Å². The first-order chi connectivity index (χ1) is 7.81. The summed E-state index contributed by atoms with van der Waals surface area (Å²) in [5.74, 6) is 1.10. The van der Waals surface area contributed by atoms with Crippen LogP contribution >= 0.6 is 0 Å². The Labute approximate surface area is 94.3 Å². The SMILES string of the molecule is COc1cc(C=CCO)ccc1OCC#N. The molecule has 1 rings (SSSR count). The van der Waals surface area contributed by atoms with Crippen molar-refractivity contribution in [3.8, 4) is 17.6 Å². The summed E-state index contributed by atoms with van der Waals surface area (Å²) in [5.41, 5.74) is 0.898. The van der Waals surface area contributed by atoms with Crippen LogP contribution in [0.1, 0.15) is 5.56 Å². The molecule has 0 aromatic heterocycles. The second-order valence-corrected chi connectivity index (χ2v) is 2.94. The molecule has 0 atom stereocenters. The Morgan fingerprint density at radius 2 is 2.25 bits per heavy atom. The van der Waals surface area contributed by atoms with Crippen molar-refractivity contribution in [2.45, 2.75) is 0 Å². The molecule has 1 aromatic rings. The zero-order valence-corrected chi connectivity index (χ0v) is 9.01. The highest BCUT2D eigenvalue weighted by Gasteiger charge is 2.03. The van der Waals surface area contributed by atoms with E-state index in [-0.39, 0.29) is 13.2 Å². The van der Waals surface area contributed by atoms with Gasteiger partial charge in [-0.3, -0.25) is 0 Å². The van der Waals surface area contributed by atoms with E-state index >= 15 is 0 Å². The lowest BCUT2D eigenvalue weighted by molar-refractivity contribution is 0.329. The third-order valence-corrected chi connectivity index (χ3v) is 1.90. The summed E-state index contributed by atoms with van der Waals surface area (Å²) in [6.45, 7) is -0.0167. The number of nitriles is 1. The van der Waals surface area contributed by atoms with Gasteiger partial charge in [-0.05, 0) is 17.7 Å². The average molecular weight is 219 g/mol. The summed E-state index contributed by atoms with van der Waals surface area (Å²) in [7, 11) is 1.54. The highest BCUT2D eigenvalue weighted by Crippen LogP contribution is 2.28. The number of aliphatic hydroxyl groups excluding tert-OH is 1. The molecule has 1 N–H and O–H groups in total. The number of rotatable bonds is 5. The van der Waals surface area contributed by atoms with Gasteiger partial charge in [0.15, 0.2) is 18.1 Å². The van der Waals surface area contributed by atoms with E-state index in [2.05, 4.69) is 0 Å². The minimum absolute atomic E-state index is 0.00496. The molecule has 0 bridgehead atoms. The van der Waals surface area contributed by atoms with Crippen molar-refractivity contribution >= 4 is 6.08 Å². The van der Waals surface area contributed by atoms with Gasteiger partial charge in [0.05, 0.1) is 13.7 Å². The lowest BCUT2D eigenvalue weighted by atomic mass is 10.2. The van der Waals surface area contributed by atoms with Crippen molar-refractivity contribution in [2.75, 3.05) is 20.3 Å². The number of aliphatic hydroxyl groups is 1. The minimum atomic E-state index is -0.0117. The van der Waals surface area contributed by atoms with Crippen LogP contribution in [0.2, 0.25) is 0 Å². The molecular formula is C12H13NO3. The standard InChI is InChI=1S/C12H13NO3/c1-15-12-9-10(3-2-7-14)4-5-11(12)16-8-6-13/h2-5,9,14H,7-8H2,1H3. The van der Waals surface area contributed by atoms with Gasteiger partial charge in [0.25, 0.3) is 0 Å². The first kappa shape index (κ1) is 12.1. The third-order valence-electron chi connectivity index (χ3n) is 1.90. The summed E-state index contributed by atoms with van der Waals surface area (Å²) in [6, 6.07) is 7.22. The van der Waals surface area contributed by atoms with Gasteiger partial charge in [0.1, 0.15) is 6.07 Å². The van der Waals surface area contributed by atoms with E-state index in [1.807, 2.05) is 12.1 Å². The van der Waals surface area contributed by atoms with Crippen LogP contribution in [0, 0.1) is 11.3 Å². The number of hydrogen-bond donors (Lipinski definition) is 1. The van der Waals surface area contributed by atoms with Crippen molar-refractivity contribution in [3.63, 3.8) is 0 Å². The van der Waals surface area contributed by atoms with Crippen molar-refractivity contribution in [2.24, 2.45) is 0 Å². The molecule has 0 unspecified atom stereocenters. The Morgan fingerprint density at radius 3 is 2.88 bits per heavy atom. The van der Waals surface area contributed by atoms with Gasteiger partial charge in [-0.1, -0.05) is 18.2 Å². The van der Waals surface area contributed by atoms with Crippen molar-refractivity contribution in [1.82, 2.24) is 0 Å². The van der Waals surface area contributed by atoms with E-state index in [0.29, 0.717) is 11.5 Å². The van der Waals surface area contributed by atoms with Crippen LogP contribution in [-0.4, -0.2) is 25.4 Å².